The van der Waals surface area contributed by atoms with Crippen LogP contribution in [-0.4, -0.2) is 154 Å². The van der Waals surface area contributed by atoms with Gasteiger partial charge in [-0.3, -0.25) is 43.2 Å². The second-order valence-corrected chi connectivity index (χ2v) is 18.5. The third-order valence-corrected chi connectivity index (χ3v) is 11.9. The van der Waals surface area contributed by atoms with E-state index in [1.165, 1.54) is 28.9 Å². The van der Waals surface area contributed by atoms with E-state index in [1.807, 2.05) is 27.7 Å². The molecule has 0 aliphatic carbocycles. The van der Waals surface area contributed by atoms with E-state index in [0.29, 0.717) is 31.2 Å². The van der Waals surface area contributed by atoms with Crippen LogP contribution in [0.1, 0.15) is 99.0 Å². The summed E-state index contributed by atoms with van der Waals surface area (Å²) in [7, 11) is 0. The Hall–Kier alpha value is -6.32. The minimum atomic E-state index is -1.24. The maximum Gasteiger partial charge on any atom is 0.326 e. The Morgan fingerprint density at radius 2 is 1.22 bits per heavy atom. The summed E-state index contributed by atoms with van der Waals surface area (Å²) in [6.45, 7) is 11.2. The highest BCUT2D eigenvalue weighted by molar-refractivity contribution is 5.97. The quantitative estimate of drug-likeness (QED) is 0.0550. The molecule has 11 N–H and O–H groups in total. The second kappa shape index (κ2) is 26.9. The maximum atomic E-state index is 13.9. The molecule has 3 rings (SSSR count). The highest BCUT2D eigenvalue weighted by Crippen LogP contribution is 2.22. The van der Waals surface area contributed by atoms with Crippen molar-refractivity contribution in [1.82, 2.24) is 47.0 Å². The molecule has 0 aromatic heterocycles. The lowest BCUT2D eigenvalue weighted by atomic mass is 9.98. The van der Waals surface area contributed by atoms with Gasteiger partial charge in [0.15, 0.2) is 0 Å². The number of nitrogens with zero attached hydrogens (tertiary/aromatic N) is 2. The lowest BCUT2D eigenvalue weighted by Gasteiger charge is -2.30. The zero-order chi connectivity index (χ0) is 50.8. The summed E-state index contributed by atoms with van der Waals surface area (Å²) in [5, 5.41) is 37.5. The molecule has 68 heavy (non-hydrogen) atoms. The summed E-state index contributed by atoms with van der Waals surface area (Å²) in [4.78, 5) is 134. The highest BCUT2D eigenvalue weighted by atomic mass is 16.4. The van der Waals surface area contributed by atoms with Gasteiger partial charge in [-0.1, -0.05) is 60.1 Å². The molecule has 378 valence electrons. The van der Waals surface area contributed by atoms with Crippen LogP contribution < -0.4 is 43.0 Å². The molecular formula is C46H72N10O12. The van der Waals surface area contributed by atoms with Gasteiger partial charge in [0.1, 0.15) is 42.0 Å². The van der Waals surface area contributed by atoms with Gasteiger partial charge < -0.3 is 63.0 Å². The first-order chi connectivity index (χ1) is 32.0. The van der Waals surface area contributed by atoms with Gasteiger partial charge in [-0.2, -0.15) is 0 Å². The van der Waals surface area contributed by atoms with Gasteiger partial charge in [-0.05, 0) is 80.9 Å². The van der Waals surface area contributed by atoms with Gasteiger partial charge in [0.2, 0.25) is 53.2 Å². The Morgan fingerprint density at radius 3 is 1.79 bits per heavy atom. The van der Waals surface area contributed by atoms with Crippen LogP contribution in [0.4, 0.5) is 0 Å². The van der Waals surface area contributed by atoms with Crippen LogP contribution in [-0.2, 0) is 54.4 Å². The Morgan fingerprint density at radius 1 is 0.647 bits per heavy atom. The van der Waals surface area contributed by atoms with E-state index in [-0.39, 0.29) is 56.4 Å². The van der Waals surface area contributed by atoms with Crippen molar-refractivity contribution >= 4 is 59.1 Å². The third kappa shape index (κ3) is 17.4. The lowest BCUT2D eigenvalue weighted by molar-refractivity contribution is -0.144. The van der Waals surface area contributed by atoms with Gasteiger partial charge in [-0.25, -0.2) is 4.79 Å². The summed E-state index contributed by atoms with van der Waals surface area (Å²) < 4.78 is 0. The molecule has 22 nitrogen and oxygen atoms in total. The number of carboxylic acid groups (broad SMARTS) is 1. The first kappa shape index (κ1) is 56.0. The van der Waals surface area contributed by atoms with Crippen LogP contribution in [0.3, 0.4) is 0 Å². The van der Waals surface area contributed by atoms with Crippen molar-refractivity contribution in [2.45, 2.75) is 142 Å². The first-order valence-corrected chi connectivity index (χ1v) is 23.4. The number of aromatic hydroxyl groups is 1. The van der Waals surface area contributed by atoms with E-state index >= 15 is 0 Å². The third-order valence-electron chi connectivity index (χ3n) is 11.9. The predicted molar refractivity (Wildman–Crippen MR) is 248 cm³/mol. The number of phenols is 1. The lowest BCUT2D eigenvalue weighted by Crippen LogP contribution is -2.57. The molecule has 1 aromatic rings. The van der Waals surface area contributed by atoms with Crippen molar-refractivity contribution < 1.29 is 58.2 Å². The zero-order valence-electron chi connectivity index (χ0n) is 40.2. The van der Waals surface area contributed by atoms with Crippen molar-refractivity contribution in [2.75, 3.05) is 32.7 Å². The average molecular weight is 957 g/mol. The number of nitrogens with two attached hydrogens (primary N) is 1. The van der Waals surface area contributed by atoms with E-state index in [4.69, 9.17) is 5.73 Å². The van der Waals surface area contributed by atoms with Gasteiger partial charge in [0.25, 0.3) is 0 Å². The van der Waals surface area contributed by atoms with E-state index in [2.05, 4.69) is 37.2 Å². The monoisotopic (exact) mass is 957 g/mol. The number of carbonyl (C=O) groups excluding carboxylic acids is 9. The SMILES string of the molecule is CC[C@H](C)[C@H](NC(=O)[C@H](Cc1ccc(O)cc1)NC(=O)[C@@H]1CCCN1C(=O)CNC(=O)[C@@H]1CCCN1C(=O)[C@H](CC(C)C)NC(=O)CNC(=O)CNC(=O)[C@H](CC(C)C)NC(=O)[C@H](C)N)C(=O)O. The van der Waals surface area contributed by atoms with Crippen LogP contribution in [0.2, 0.25) is 0 Å². The number of nitrogens with one attached hydrogen (secondary N) is 7. The molecule has 2 fully saturated rings. The topological polar surface area (TPSA) is 328 Å². The largest absolute Gasteiger partial charge is 0.508 e. The highest BCUT2D eigenvalue weighted by Gasteiger charge is 2.40. The molecular weight excluding hydrogens is 885 g/mol. The smallest absolute Gasteiger partial charge is 0.326 e. The average Bonchev–Trinajstić information content (AvgIpc) is 3.99. The molecule has 9 amide bonds. The van der Waals surface area contributed by atoms with E-state index in [0.717, 1.165) is 0 Å². The Bertz CT molecular complexity index is 1960. The molecule has 0 unspecified atom stereocenters. The number of hydrogen-bond acceptors (Lipinski definition) is 12. The van der Waals surface area contributed by atoms with Crippen LogP contribution in [0.5, 0.6) is 5.75 Å². The molecule has 8 atom stereocenters. The normalized spacial score (nSPS) is 18.3. The molecule has 2 aliphatic rings. The number of phenolic OH excluding ortho intramolecular Hbond substituents is 1. The molecule has 0 spiro atoms. The molecule has 2 aliphatic heterocycles. The fraction of sp³-hybridized carbons (Fsp3) is 0.652. The zero-order valence-corrected chi connectivity index (χ0v) is 40.2. The minimum absolute atomic E-state index is 0.0122. The van der Waals surface area contributed by atoms with Crippen LogP contribution in [0.25, 0.3) is 0 Å². The van der Waals surface area contributed by atoms with Crippen molar-refractivity contribution in [1.29, 1.82) is 0 Å². The fourth-order valence-electron chi connectivity index (χ4n) is 7.98. The van der Waals surface area contributed by atoms with Crippen LogP contribution >= 0.6 is 0 Å². The standard InChI is InChI=1S/C46H72N10O12/c1-8-27(6)39(46(67)68)54-42(63)32(21-29-13-15-30(57)16-14-29)53-44(65)35-12-9-17-55(35)38(60)24-50-43(64)34-11-10-18-56(34)45(66)33(20-26(4)5)51-37(59)23-48-36(58)22-49-41(62)31(19-25(2)3)52-40(61)28(7)47/h13-16,25-28,31-35,39,57H,8-12,17-24,47H2,1-7H3,(H,48,58)(H,49,62)(H,50,64)(H,51,59)(H,52,61)(H,53,65)(H,54,63)(H,67,68)/t27-,28-,31-,32-,33-,34-,35-,39-/m0/s1. The van der Waals surface area contributed by atoms with Crippen molar-refractivity contribution in [3.63, 3.8) is 0 Å². The first-order valence-electron chi connectivity index (χ1n) is 23.4. The van der Waals surface area contributed by atoms with E-state index in [1.54, 1.807) is 26.0 Å². The van der Waals surface area contributed by atoms with Gasteiger partial charge >= 0.3 is 5.97 Å². The summed E-state index contributed by atoms with van der Waals surface area (Å²) in [5.41, 5.74) is 6.19. The number of rotatable bonds is 25. The fourth-order valence-corrected chi connectivity index (χ4v) is 7.98. The summed E-state index contributed by atoms with van der Waals surface area (Å²) >= 11 is 0. The van der Waals surface area contributed by atoms with Crippen molar-refractivity contribution in [3.8, 4) is 5.75 Å². The molecule has 0 saturated carbocycles. The number of carboxylic acids is 1. The van der Waals surface area contributed by atoms with E-state index < -0.39 is 127 Å². The number of carbonyl (C=O) groups is 10. The number of benzene rings is 1. The second-order valence-electron chi connectivity index (χ2n) is 18.5. The van der Waals surface area contributed by atoms with Gasteiger partial charge in [0, 0.05) is 19.5 Å². The number of aliphatic carboxylic acids is 1. The Balaban J connectivity index is 1.60. The molecule has 0 radical (unpaired) electrons. The maximum absolute atomic E-state index is 13.9. The van der Waals surface area contributed by atoms with Gasteiger partial charge in [0.05, 0.1) is 25.7 Å². The summed E-state index contributed by atoms with van der Waals surface area (Å²) in [5.74, 6) is -7.32. The Kier molecular flexibility index (Phi) is 22.1. The Labute approximate surface area is 397 Å². The number of likely N-dealkylation sites (tertiary alicyclic amines) is 2. The molecule has 2 saturated heterocycles. The van der Waals surface area contributed by atoms with Crippen LogP contribution in [0, 0.1) is 17.8 Å². The summed E-state index contributed by atoms with van der Waals surface area (Å²) in [6.07, 6.45) is 2.37. The van der Waals surface area contributed by atoms with Crippen molar-refractivity contribution in [2.24, 2.45) is 23.5 Å². The molecule has 22 heteroatoms. The van der Waals surface area contributed by atoms with E-state index in [9.17, 15) is 58.2 Å². The number of hydrogen-bond donors (Lipinski definition) is 10. The molecule has 2 heterocycles. The summed E-state index contributed by atoms with van der Waals surface area (Å²) in [6, 6.07) is -1.31. The minimum Gasteiger partial charge on any atom is -0.508 e. The predicted octanol–water partition coefficient (Wildman–Crippen LogP) is -1.23. The van der Waals surface area contributed by atoms with Crippen LogP contribution in [0.15, 0.2) is 24.3 Å². The molecule has 1 aromatic carbocycles. The molecule has 0 bridgehead atoms. The van der Waals surface area contributed by atoms with Gasteiger partial charge in [-0.15, -0.1) is 0 Å². The van der Waals surface area contributed by atoms with Crippen molar-refractivity contribution in [3.05, 3.63) is 29.8 Å². The number of amides is 9.